The number of hydrogen-bond acceptors (Lipinski definition) is 6. The Morgan fingerprint density at radius 1 is 0.297 bits per heavy atom. The molecule has 0 spiro atoms. The fourth-order valence-corrected chi connectivity index (χ4v) is 7.68. The predicted octanol–water partition coefficient (Wildman–Crippen LogP) is 20.4. The van der Waals surface area contributed by atoms with Crippen LogP contribution in [0.4, 0.5) is 0 Å². The maximum Gasteiger partial charge on any atom is 0.310 e. The molecule has 6 heteroatoms. The Kier molecular flexibility index (Phi) is 57.0. The molecule has 0 aliphatic carbocycles. The largest absolute Gasteiger partial charge is 0.462 e. The zero-order valence-electron chi connectivity index (χ0n) is 47.5. The molecule has 0 fully saturated rings. The second-order valence-corrected chi connectivity index (χ2v) is 19.2. The van der Waals surface area contributed by atoms with Gasteiger partial charge in [-0.3, -0.25) is 14.4 Å². The van der Waals surface area contributed by atoms with Crippen molar-refractivity contribution >= 4 is 17.9 Å². The number of unbranched alkanes of at least 4 members (excludes halogenated alkanes) is 18. The van der Waals surface area contributed by atoms with E-state index in [1.807, 2.05) is 6.08 Å². The van der Waals surface area contributed by atoms with E-state index in [1.54, 1.807) is 6.08 Å². The minimum absolute atomic E-state index is 0.0875. The van der Waals surface area contributed by atoms with Gasteiger partial charge >= 0.3 is 17.9 Å². The van der Waals surface area contributed by atoms with Gasteiger partial charge in [0.15, 0.2) is 6.10 Å². The summed E-state index contributed by atoms with van der Waals surface area (Å²) in [4.78, 5) is 38.1. The van der Waals surface area contributed by atoms with Crippen molar-refractivity contribution in [2.75, 3.05) is 13.2 Å². The van der Waals surface area contributed by atoms with Crippen molar-refractivity contribution in [1.29, 1.82) is 0 Å². The van der Waals surface area contributed by atoms with Crippen molar-refractivity contribution in [3.8, 4) is 0 Å². The summed E-state index contributed by atoms with van der Waals surface area (Å²) in [6.45, 7) is 6.26. The van der Waals surface area contributed by atoms with Crippen molar-refractivity contribution < 1.29 is 28.6 Å². The van der Waals surface area contributed by atoms with Crippen LogP contribution < -0.4 is 0 Å². The van der Waals surface area contributed by atoms with E-state index < -0.39 is 12.1 Å². The summed E-state index contributed by atoms with van der Waals surface area (Å²) < 4.78 is 16.7. The zero-order valence-corrected chi connectivity index (χ0v) is 47.5. The lowest BCUT2D eigenvalue weighted by atomic mass is 10.0. The first-order chi connectivity index (χ1) is 36.5. The summed E-state index contributed by atoms with van der Waals surface area (Å²) in [6.07, 6.45) is 87.3. The van der Waals surface area contributed by atoms with Gasteiger partial charge in [0.05, 0.1) is 6.42 Å². The van der Waals surface area contributed by atoms with Crippen molar-refractivity contribution in [2.45, 2.75) is 252 Å². The summed E-state index contributed by atoms with van der Waals surface area (Å²) >= 11 is 0. The summed E-state index contributed by atoms with van der Waals surface area (Å²) in [6, 6.07) is 0. The van der Waals surface area contributed by atoms with Gasteiger partial charge in [0.25, 0.3) is 0 Å². The molecular formula is C68H108O6. The molecule has 0 aliphatic rings. The molecule has 0 N–H and O–H groups in total. The fourth-order valence-electron chi connectivity index (χ4n) is 7.68. The highest BCUT2D eigenvalue weighted by Crippen LogP contribution is 2.14. The standard InChI is InChI=1S/C68H108O6/c1-4-7-10-13-16-19-22-25-28-29-30-31-32-33-34-35-36-37-38-39-41-43-46-49-52-55-58-61-67(70)73-64-65(63-72-66(69)60-57-54-51-48-45-42-27-24-21-18-15-12-9-6-3)74-68(71)62-59-56-53-50-47-44-40-26-23-20-17-14-11-8-5-2/h7-8,10-11,15-20,24-28,30-31,33-34,40,47,50,56,59,65H,4-6,9,12-14,21-23,29,32,35-39,41-46,48-49,51-55,57-58,60-64H2,1-3H3/b10-7-,11-8-,18-15-,19-16-,20-17-,27-24-,28-25-,31-30-,34-33-,40-26-,50-47-,59-56-. The van der Waals surface area contributed by atoms with Crippen LogP contribution in [-0.2, 0) is 28.6 Å². The van der Waals surface area contributed by atoms with E-state index in [9.17, 15) is 14.4 Å². The van der Waals surface area contributed by atoms with Crippen molar-refractivity contribution in [3.05, 3.63) is 146 Å². The first-order valence-electron chi connectivity index (χ1n) is 29.8. The molecule has 0 bridgehead atoms. The van der Waals surface area contributed by atoms with Gasteiger partial charge in [-0.05, 0) is 116 Å². The van der Waals surface area contributed by atoms with Crippen LogP contribution in [0.25, 0.3) is 0 Å². The molecule has 0 heterocycles. The van der Waals surface area contributed by atoms with Crippen LogP contribution >= 0.6 is 0 Å². The molecule has 0 aliphatic heterocycles. The first-order valence-corrected chi connectivity index (χ1v) is 29.8. The van der Waals surface area contributed by atoms with Crippen LogP contribution in [0.15, 0.2) is 146 Å². The number of allylic oxidation sites excluding steroid dienone is 23. The van der Waals surface area contributed by atoms with Crippen molar-refractivity contribution in [2.24, 2.45) is 0 Å². The monoisotopic (exact) mass is 1020 g/mol. The molecule has 1 unspecified atom stereocenters. The van der Waals surface area contributed by atoms with Gasteiger partial charge in [0.1, 0.15) is 13.2 Å². The Balaban J connectivity index is 4.40. The van der Waals surface area contributed by atoms with E-state index in [1.165, 1.54) is 77.0 Å². The lowest BCUT2D eigenvalue weighted by Crippen LogP contribution is -2.30. The smallest absolute Gasteiger partial charge is 0.310 e. The van der Waals surface area contributed by atoms with Gasteiger partial charge in [0.2, 0.25) is 0 Å². The van der Waals surface area contributed by atoms with E-state index in [2.05, 4.69) is 154 Å². The molecule has 0 saturated heterocycles. The third-order valence-electron chi connectivity index (χ3n) is 12.1. The normalized spacial score (nSPS) is 13.2. The Morgan fingerprint density at radius 3 is 0.892 bits per heavy atom. The van der Waals surface area contributed by atoms with Gasteiger partial charge in [-0.15, -0.1) is 0 Å². The van der Waals surface area contributed by atoms with Crippen LogP contribution in [-0.4, -0.2) is 37.2 Å². The molecule has 0 rings (SSSR count). The highest BCUT2D eigenvalue weighted by atomic mass is 16.6. The van der Waals surface area contributed by atoms with Gasteiger partial charge in [0, 0.05) is 12.8 Å². The second-order valence-electron chi connectivity index (χ2n) is 19.2. The van der Waals surface area contributed by atoms with E-state index >= 15 is 0 Å². The molecule has 1 atom stereocenters. The van der Waals surface area contributed by atoms with E-state index in [0.29, 0.717) is 19.3 Å². The summed E-state index contributed by atoms with van der Waals surface area (Å²) in [5.41, 5.74) is 0. The second kappa shape index (κ2) is 60.8. The number of carbonyl (C=O) groups is 3. The predicted molar refractivity (Wildman–Crippen MR) is 320 cm³/mol. The third kappa shape index (κ3) is 58.2. The Morgan fingerprint density at radius 2 is 0.568 bits per heavy atom. The van der Waals surface area contributed by atoms with Crippen molar-refractivity contribution in [1.82, 2.24) is 0 Å². The van der Waals surface area contributed by atoms with Crippen LogP contribution in [0.5, 0.6) is 0 Å². The SMILES string of the molecule is CC/C=C\C/C=C\C/C=C\C/C=C\C/C=C\CCCCCCCCCCCCCC(=O)OCC(COC(=O)CCCCCCC/C=C\C/C=C\CCCC)OC(=O)C/C=C\C/C=C\C/C=C\C/C=C\C/C=C\CC. The molecule has 0 aromatic rings. The molecule has 74 heavy (non-hydrogen) atoms. The Labute approximate surface area is 455 Å². The molecule has 0 saturated carbocycles. The summed E-state index contributed by atoms with van der Waals surface area (Å²) in [5, 5.41) is 0. The average Bonchev–Trinajstić information content (AvgIpc) is 3.40. The van der Waals surface area contributed by atoms with E-state index in [-0.39, 0.29) is 31.6 Å². The van der Waals surface area contributed by atoms with E-state index in [0.717, 1.165) is 122 Å². The van der Waals surface area contributed by atoms with Gasteiger partial charge in [-0.25, -0.2) is 0 Å². The van der Waals surface area contributed by atoms with Gasteiger partial charge < -0.3 is 14.2 Å². The molecule has 0 aromatic heterocycles. The molecule has 0 radical (unpaired) electrons. The summed E-state index contributed by atoms with van der Waals surface area (Å²) in [5.74, 6) is -1.08. The quantitative estimate of drug-likeness (QED) is 0.0261. The maximum atomic E-state index is 12.8. The molecule has 6 nitrogen and oxygen atoms in total. The van der Waals surface area contributed by atoms with Crippen LogP contribution in [0.3, 0.4) is 0 Å². The van der Waals surface area contributed by atoms with Crippen LogP contribution in [0, 0.1) is 0 Å². The Bertz CT molecular complexity index is 1640. The number of hydrogen-bond donors (Lipinski definition) is 0. The molecule has 0 amide bonds. The topological polar surface area (TPSA) is 78.9 Å². The minimum Gasteiger partial charge on any atom is -0.462 e. The van der Waals surface area contributed by atoms with Gasteiger partial charge in [-0.2, -0.15) is 0 Å². The number of rotatable bonds is 52. The highest BCUT2D eigenvalue weighted by molar-refractivity contribution is 5.72. The third-order valence-corrected chi connectivity index (χ3v) is 12.1. The van der Waals surface area contributed by atoms with E-state index in [4.69, 9.17) is 14.2 Å². The number of ether oxygens (including phenoxy) is 3. The highest BCUT2D eigenvalue weighted by Gasteiger charge is 2.19. The van der Waals surface area contributed by atoms with Crippen LogP contribution in [0.1, 0.15) is 245 Å². The lowest BCUT2D eigenvalue weighted by molar-refractivity contribution is -0.166. The van der Waals surface area contributed by atoms with Crippen LogP contribution in [0.2, 0.25) is 0 Å². The minimum atomic E-state index is -0.845. The first kappa shape index (κ1) is 69.3. The number of esters is 3. The number of carbonyl (C=O) groups excluding carboxylic acids is 3. The maximum absolute atomic E-state index is 12.8. The molecular weight excluding hydrogens is 913 g/mol. The average molecular weight is 1020 g/mol. The molecule has 0 aromatic carbocycles. The Hall–Kier alpha value is -4.71. The van der Waals surface area contributed by atoms with Crippen molar-refractivity contribution in [3.63, 3.8) is 0 Å². The summed E-state index contributed by atoms with van der Waals surface area (Å²) in [7, 11) is 0. The zero-order chi connectivity index (χ0) is 53.6. The van der Waals surface area contributed by atoms with Gasteiger partial charge in [-0.1, -0.05) is 256 Å². The molecule has 416 valence electrons. The lowest BCUT2D eigenvalue weighted by Gasteiger charge is -2.18. The fraction of sp³-hybridized carbons (Fsp3) is 0.603.